The third-order valence-corrected chi connectivity index (χ3v) is 4.47. The Morgan fingerprint density at radius 3 is 2.73 bits per heavy atom. The number of benzene rings is 1. The van der Waals surface area contributed by atoms with E-state index in [9.17, 15) is 4.79 Å². The smallest absolute Gasteiger partial charge is 0.257 e. The van der Waals surface area contributed by atoms with Gasteiger partial charge in [-0.05, 0) is 36.8 Å². The van der Waals surface area contributed by atoms with Crippen molar-refractivity contribution in [1.82, 2.24) is 4.98 Å². The first-order chi connectivity index (χ1) is 12.6. The van der Waals surface area contributed by atoms with Crippen molar-refractivity contribution in [1.29, 1.82) is 0 Å². The van der Waals surface area contributed by atoms with Crippen molar-refractivity contribution in [3.63, 3.8) is 0 Å². The van der Waals surface area contributed by atoms with Crippen LogP contribution in [0.4, 0.5) is 5.69 Å². The highest BCUT2D eigenvalue weighted by molar-refractivity contribution is 6.32. The lowest BCUT2D eigenvalue weighted by Crippen LogP contribution is -2.26. The number of nitrogens with zero attached hydrogens (tertiary/aromatic N) is 1. The number of aromatic nitrogens is 1. The highest BCUT2D eigenvalue weighted by Gasteiger charge is 2.18. The summed E-state index contributed by atoms with van der Waals surface area (Å²) in [5, 5.41) is 3.17. The van der Waals surface area contributed by atoms with Gasteiger partial charge < -0.3 is 19.5 Å². The molecule has 7 heteroatoms. The van der Waals surface area contributed by atoms with Crippen molar-refractivity contribution in [3.05, 3.63) is 46.6 Å². The highest BCUT2D eigenvalue weighted by atomic mass is 35.5. The van der Waals surface area contributed by atoms with Crippen LogP contribution >= 0.6 is 11.6 Å². The number of methoxy groups -OCH3 is 1. The summed E-state index contributed by atoms with van der Waals surface area (Å²) in [7, 11) is 1.60. The van der Waals surface area contributed by atoms with Gasteiger partial charge >= 0.3 is 0 Å². The van der Waals surface area contributed by atoms with Crippen molar-refractivity contribution >= 4 is 23.2 Å². The van der Waals surface area contributed by atoms with E-state index in [-0.39, 0.29) is 12.0 Å². The second-order valence-corrected chi connectivity index (χ2v) is 6.48. The van der Waals surface area contributed by atoms with E-state index in [0.717, 1.165) is 24.2 Å². The molecule has 1 amide bonds. The second-order valence-electron chi connectivity index (χ2n) is 6.08. The van der Waals surface area contributed by atoms with Crippen molar-refractivity contribution in [2.24, 2.45) is 0 Å². The Labute approximate surface area is 157 Å². The minimum Gasteiger partial charge on any atom is -0.497 e. The van der Waals surface area contributed by atoms with Gasteiger partial charge in [0.05, 0.1) is 25.9 Å². The minimum atomic E-state index is -0.287. The van der Waals surface area contributed by atoms with Crippen LogP contribution in [0.5, 0.6) is 11.6 Å². The molecule has 1 aliphatic heterocycles. The van der Waals surface area contributed by atoms with Gasteiger partial charge in [0, 0.05) is 24.7 Å². The van der Waals surface area contributed by atoms with Crippen LogP contribution in [0.3, 0.4) is 0 Å². The molecule has 0 bridgehead atoms. The molecular weight excluding hydrogens is 356 g/mol. The molecule has 0 spiro atoms. The summed E-state index contributed by atoms with van der Waals surface area (Å²) in [6.07, 6.45) is 3.11. The highest BCUT2D eigenvalue weighted by Crippen LogP contribution is 2.26. The number of aryl methyl sites for hydroxylation is 1. The number of carbonyl (C=O) groups is 1. The minimum absolute atomic E-state index is 0.0374. The normalized spacial score (nSPS) is 14.7. The van der Waals surface area contributed by atoms with E-state index in [4.69, 9.17) is 25.8 Å². The van der Waals surface area contributed by atoms with Gasteiger partial charge in [0.15, 0.2) is 0 Å². The molecule has 3 rings (SSSR count). The third kappa shape index (κ3) is 4.45. The van der Waals surface area contributed by atoms with Gasteiger partial charge in [-0.25, -0.2) is 4.98 Å². The second kappa shape index (κ2) is 8.38. The van der Waals surface area contributed by atoms with E-state index in [1.165, 1.54) is 6.20 Å². The van der Waals surface area contributed by atoms with E-state index < -0.39 is 0 Å². The molecule has 1 N–H and O–H groups in total. The number of pyridine rings is 1. The summed E-state index contributed by atoms with van der Waals surface area (Å²) >= 11 is 6.25. The molecule has 6 nitrogen and oxygen atoms in total. The predicted octanol–water partition coefficient (Wildman–Crippen LogP) is 3.86. The van der Waals surface area contributed by atoms with Gasteiger partial charge in [-0.15, -0.1) is 0 Å². The molecule has 0 radical (unpaired) electrons. The lowest BCUT2D eigenvalue weighted by molar-refractivity contribution is 0.0238. The predicted molar refractivity (Wildman–Crippen MR) is 99.4 cm³/mol. The molecule has 0 atom stereocenters. The van der Waals surface area contributed by atoms with Crippen LogP contribution in [-0.2, 0) is 4.74 Å². The molecule has 1 aliphatic rings. The Balaban J connectivity index is 1.68. The van der Waals surface area contributed by atoms with E-state index in [1.54, 1.807) is 25.3 Å². The molecule has 2 heterocycles. The number of anilines is 1. The summed E-state index contributed by atoms with van der Waals surface area (Å²) in [6.45, 7) is 3.24. The quantitative estimate of drug-likeness (QED) is 0.858. The molecule has 0 unspecified atom stereocenters. The number of ether oxygens (including phenoxy) is 3. The topological polar surface area (TPSA) is 69.7 Å². The van der Waals surface area contributed by atoms with Gasteiger partial charge in [-0.2, -0.15) is 0 Å². The molecule has 0 aliphatic carbocycles. The molecular formula is C19H21ClN2O4. The molecule has 2 aromatic rings. The van der Waals surface area contributed by atoms with Gasteiger partial charge in [0.1, 0.15) is 16.9 Å². The first-order valence-corrected chi connectivity index (χ1v) is 8.80. The zero-order valence-electron chi connectivity index (χ0n) is 14.8. The monoisotopic (exact) mass is 376 g/mol. The largest absolute Gasteiger partial charge is 0.497 e. The molecule has 0 saturated carbocycles. The van der Waals surface area contributed by atoms with Crippen LogP contribution in [0, 0.1) is 6.92 Å². The van der Waals surface area contributed by atoms with E-state index >= 15 is 0 Å². The van der Waals surface area contributed by atoms with Crippen LogP contribution in [-0.4, -0.2) is 37.3 Å². The van der Waals surface area contributed by atoms with Gasteiger partial charge in [-0.1, -0.05) is 11.6 Å². The van der Waals surface area contributed by atoms with Crippen molar-refractivity contribution in [2.45, 2.75) is 25.9 Å². The van der Waals surface area contributed by atoms with Crippen molar-refractivity contribution in [3.8, 4) is 11.6 Å². The van der Waals surface area contributed by atoms with Crippen LogP contribution in [0.1, 0.15) is 28.8 Å². The SMILES string of the molecule is COc1ccc(NC(=O)c2cnc(OC3CCOCC3)c(Cl)c2)c(C)c1. The number of rotatable bonds is 5. The van der Waals surface area contributed by atoms with Gasteiger partial charge in [0.2, 0.25) is 5.88 Å². The van der Waals surface area contributed by atoms with Crippen molar-refractivity contribution < 1.29 is 19.0 Å². The lowest BCUT2D eigenvalue weighted by Gasteiger charge is -2.23. The summed E-state index contributed by atoms with van der Waals surface area (Å²) in [4.78, 5) is 16.7. The molecule has 1 fully saturated rings. The van der Waals surface area contributed by atoms with E-state index in [1.807, 2.05) is 13.0 Å². The number of carbonyl (C=O) groups excluding carboxylic acids is 1. The first-order valence-electron chi connectivity index (χ1n) is 8.43. The van der Waals surface area contributed by atoms with Crippen LogP contribution in [0.15, 0.2) is 30.5 Å². The van der Waals surface area contributed by atoms with E-state index in [0.29, 0.717) is 35.4 Å². The Hall–Kier alpha value is -2.31. The van der Waals surface area contributed by atoms with Gasteiger partial charge in [-0.3, -0.25) is 4.79 Å². The fourth-order valence-electron chi connectivity index (χ4n) is 2.69. The lowest BCUT2D eigenvalue weighted by atomic mass is 10.1. The molecule has 1 saturated heterocycles. The molecule has 26 heavy (non-hydrogen) atoms. The standard InChI is InChI=1S/C19H21ClN2O4/c1-12-9-15(24-2)3-4-17(12)22-18(23)13-10-16(20)19(21-11-13)26-14-5-7-25-8-6-14/h3-4,9-11,14H,5-8H2,1-2H3,(H,22,23). The number of hydrogen-bond acceptors (Lipinski definition) is 5. The average molecular weight is 377 g/mol. The number of amides is 1. The van der Waals surface area contributed by atoms with Crippen LogP contribution in [0.25, 0.3) is 0 Å². The Kier molecular flexibility index (Phi) is 5.96. The van der Waals surface area contributed by atoms with E-state index in [2.05, 4.69) is 10.3 Å². The zero-order chi connectivity index (χ0) is 18.5. The third-order valence-electron chi connectivity index (χ3n) is 4.20. The maximum atomic E-state index is 12.5. The summed E-state index contributed by atoms with van der Waals surface area (Å²) in [5.74, 6) is 0.792. The Morgan fingerprint density at radius 2 is 2.08 bits per heavy atom. The van der Waals surface area contributed by atoms with Gasteiger partial charge in [0.25, 0.3) is 5.91 Å². The van der Waals surface area contributed by atoms with Crippen LogP contribution < -0.4 is 14.8 Å². The Bertz CT molecular complexity index is 791. The fraction of sp³-hybridized carbons (Fsp3) is 0.368. The number of hydrogen-bond donors (Lipinski definition) is 1. The van der Waals surface area contributed by atoms with Crippen molar-refractivity contribution in [2.75, 3.05) is 25.6 Å². The maximum absolute atomic E-state index is 12.5. The molecule has 1 aromatic heterocycles. The first kappa shape index (κ1) is 18.5. The molecule has 1 aromatic carbocycles. The zero-order valence-corrected chi connectivity index (χ0v) is 15.5. The number of nitrogens with one attached hydrogen (secondary N) is 1. The average Bonchev–Trinajstić information content (AvgIpc) is 2.65. The van der Waals surface area contributed by atoms with Crippen LogP contribution in [0.2, 0.25) is 5.02 Å². The maximum Gasteiger partial charge on any atom is 0.257 e. The fourth-order valence-corrected chi connectivity index (χ4v) is 2.90. The summed E-state index contributed by atoms with van der Waals surface area (Å²) in [6, 6.07) is 7.01. The Morgan fingerprint density at radius 1 is 1.31 bits per heavy atom. The molecule has 138 valence electrons. The summed E-state index contributed by atoms with van der Waals surface area (Å²) in [5.41, 5.74) is 1.97. The number of halogens is 1. The summed E-state index contributed by atoms with van der Waals surface area (Å²) < 4.78 is 16.3.